The Balaban J connectivity index is 2.00. The summed E-state index contributed by atoms with van der Waals surface area (Å²) in [5, 5.41) is 14.7. The number of benzene rings is 1. The van der Waals surface area contributed by atoms with E-state index in [1.54, 1.807) is 29.2 Å². The van der Waals surface area contributed by atoms with E-state index in [1.807, 2.05) is 0 Å². The molecule has 1 unspecified atom stereocenters. The van der Waals surface area contributed by atoms with Gasteiger partial charge >= 0.3 is 5.97 Å². The number of nitrogens with two attached hydrogens (primary N) is 1. The van der Waals surface area contributed by atoms with Crippen LogP contribution in [-0.2, 0) is 14.4 Å². The van der Waals surface area contributed by atoms with Crippen LogP contribution in [0.5, 0.6) is 0 Å². The lowest BCUT2D eigenvalue weighted by Gasteiger charge is -2.32. The minimum absolute atomic E-state index is 0.0228. The third-order valence-electron chi connectivity index (χ3n) is 4.32. The van der Waals surface area contributed by atoms with Crippen molar-refractivity contribution < 1.29 is 19.5 Å². The minimum Gasteiger partial charge on any atom is -0.481 e. The summed E-state index contributed by atoms with van der Waals surface area (Å²) in [6.07, 6.45) is 7.74. The first kappa shape index (κ1) is 20.0. The average Bonchev–Trinajstić information content (AvgIpc) is 2.63. The highest BCUT2D eigenvalue weighted by atomic mass is 16.4. The molecule has 0 bridgehead atoms. The van der Waals surface area contributed by atoms with E-state index in [-0.39, 0.29) is 18.7 Å². The Bertz CT molecular complexity index is 767. The Hall–Kier alpha value is -3.34. The second-order valence-corrected chi connectivity index (χ2v) is 6.29. The van der Waals surface area contributed by atoms with E-state index in [0.29, 0.717) is 13.0 Å². The molecule has 0 radical (unpaired) electrons. The van der Waals surface area contributed by atoms with Crippen molar-refractivity contribution in [2.45, 2.75) is 31.7 Å². The van der Waals surface area contributed by atoms with Crippen molar-refractivity contribution in [3.8, 4) is 12.3 Å². The van der Waals surface area contributed by atoms with Gasteiger partial charge in [0.1, 0.15) is 6.04 Å². The first-order chi connectivity index (χ1) is 12.9. The summed E-state index contributed by atoms with van der Waals surface area (Å²) < 4.78 is 0. The molecule has 0 aromatic heterocycles. The maximum Gasteiger partial charge on any atom is 0.306 e. The van der Waals surface area contributed by atoms with Gasteiger partial charge in [-0.1, -0.05) is 18.1 Å². The van der Waals surface area contributed by atoms with Crippen molar-refractivity contribution in [3.05, 3.63) is 29.8 Å². The molecule has 0 spiro atoms. The van der Waals surface area contributed by atoms with Gasteiger partial charge in [0.2, 0.25) is 11.8 Å². The van der Waals surface area contributed by atoms with Gasteiger partial charge in [-0.3, -0.25) is 14.4 Å². The Morgan fingerprint density at radius 3 is 2.74 bits per heavy atom. The number of nitrogens with zero attached hydrogens (tertiary/aromatic N) is 2. The molecule has 0 saturated carbocycles. The third-order valence-corrected chi connectivity index (χ3v) is 4.32. The predicted octanol–water partition coefficient (Wildman–Crippen LogP) is 0.705. The molecule has 1 aliphatic rings. The number of rotatable bonds is 7. The predicted molar refractivity (Wildman–Crippen MR) is 101 cm³/mol. The standard InChI is InChI=1S/C19H22N4O4/c1-2-15(11-18(25)26)22-17(24)10-14-4-3-9-23(19(14)27)16-7-5-13(6-8-16)12-21-20/h1,5-8,12,14-15H,3-4,9-11,20H2,(H,22,24)(H,25,26)/t14?,15-/m1/s1. The van der Waals surface area contributed by atoms with Gasteiger partial charge in [-0.05, 0) is 30.5 Å². The summed E-state index contributed by atoms with van der Waals surface area (Å²) in [5.41, 5.74) is 1.56. The monoisotopic (exact) mass is 370 g/mol. The van der Waals surface area contributed by atoms with Crippen molar-refractivity contribution in [1.82, 2.24) is 5.32 Å². The van der Waals surface area contributed by atoms with Crippen LogP contribution in [0.1, 0.15) is 31.2 Å². The molecule has 2 amide bonds. The second-order valence-electron chi connectivity index (χ2n) is 6.29. The van der Waals surface area contributed by atoms with Crippen molar-refractivity contribution in [1.29, 1.82) is 0 Å². The zero-order chi connectivity index (χ0) is 19.8. The number of carboxylic acids is 1. The number of nitrogens with one attached hydrogen (secondary N) is 1. The van der Waals surface area contributed by atoms with Crippen LogP contribution in [0, 0.1) is 18.3 Å². The van der Waals surface area contributed by atoms with Crippen LogP contribution in [0.4, 0.5) is 5.69 Å². The van der Waals surface area contributed by atoms with Crippen LogP contribution in [-0.4, -0.2) is 41.7 Å². The molecule has 1 heterocycles. The fourth-order valence-electron chi connectivity index (χ4n) is 3.03. The smallest absolute Gasteiger partial charge is 0.306 e. The van der Waals surface area contributed by atoms with Crippen molar-refractivity contribution in [2.75, 3.05) is 11.4 Å². The number of terminal acetylenes is 1. The van der Waals surface area contributed by atoms with E-state index in [1.165, 1.54) is 6.21 Å². The number of amides is 2. The number of hydrogen-bond acceptors (Lipinski definition) is 5. The number of aliphatic carboxylic acids is 1. The van der Waals surface area contributed by atoms with Crippen molar-refractivity contribution in [3.63, 3.8) is 0 Å². The summed E-state index contributed by atoms with van der Waals surface area (Å²) in [5.74, 6) is 5.24. The van der Waals surface area contributed by atoms with E-state index < -0.39 is 23.8 Å². The molecule has 1 fully saturated rings. The number of hydrazone groups is 1. The summed E-state index contributed by atoms with van der Waals surface area (Å²) in [4.78, 5) is 37.3. The lowest BCUT2D eigenvalue weighted by atomic mass is 9.92. The molecule has 2 rings (SSSR count). The number of carbonyl (C=O) groups is 3. The summed E-state index contributed by atoms with van der Waals surface area (Å²) in [6, 6.07) is 6.33. The normalized spacial score (nSPS) is 18.1. The molecular formula is C19H22N4O4. The van der Waals surface area contributed by atoms with Gasteiger partial charge in [-0.25, -0.2) is 0 Å². The van der Waals surface area contributed by atoms with E-state index in [2.05, 4.69) is 16.3 Å². The zero-order valence-corrected chi connectivity index (χ0v) is 14.8. The van der Waals surface area contributed by atoms with Gasteiger partial charge in [0, 0.05) is 24.6 Å². The van der Waals surface area contributed by atoms with Gasteiger partial charge in [-0.2, -0.15) is 5.10 Å². The molecule has 2 atom stereocenters. The molecule has 8 nitrogen and oxygen atoms in total. The zero-order valence-electron chi connectivity index (χ0n) is 14.8. The first-order valence-corrected chi connectivity index (χ1v) is 8.56. The van der Waals surface area contributed by atoms with Crippen LogP contribution in [0.2, 0.25) is 0 Å². The van der Waals surface area contributed by atoms with Crippen molar-refractivity contribution in [2.24, 2.45) is 16.9 Å². The van der Waals surface area contributed by atoms with Crippen LogP contribution in [0.3, 0.4) is 0 Å². The van der Waals surface area contributed by atoms with Gasteiger partial charge in [0.05, 0.1) is 12.6 Å². The van der Waals surface area contributed by atoms with Gasteiger partial charge in [0.15, 0.2) is 0 Å². The van der Waals surface area contributed by atoms with E-state index in [4.69, 9.17) is 17.4 Å². The maximum atomic E-state index is 12.8. The summed E-state index contributed by atoms with van der Waals surface area (Å²) >= 11 is 0. The number of piperidine rings is 1. The topological polar surface area (TPSA) is 125 Å². The Morgan fingerprint density at radius 2 is 2.15 bits per heavy atom. The number of hydrogen-bond donors (Lipinski definition) is 3. The highest BCUT2D eigenvalue weighted by Crippen LogP contribution is 2.26. The molecule has 1 aromatic carbocycles. The molecule has 1 aliphatic heterocycles. The average molecular weight is 370 g/mol. The third kappa shape index (κ3) is 5.57. The number of anilines is 1. The molecule has 0 aliphatic carbocycles. The van der Waals surface area contributed by atoms with E-state index in [9.17, 15) is 14.4 Å². The van der Waals surface area contributed by atoms with Gasteiger partial charge in [-0.15, -0.1) is 6.42 Å². The lowest BCUT2D eigenvalue weighted by Crippen LogP contribution is -2.44. The maximum absolute atomic E-state index is 12.8. The van der Waals surface area contributed by atoms with Gasteiger partial charge < -0.3 is 21.2 Å². The fourth-order valence-corrected chi connectivity index (χ4v) is 3.03. The van der Waals surface area contributed by atoms with Crippen LogP contribution >= 0.6 is 0 Å². The number of carbonyl (C=O) groups excluding carboxylic acids is 2. The Morgan fingerprint density at radius 1 is 1.44 bits per heavy atom. The Labute approximate surface area is 157 Å². The second kappa shape index (κ2) is 9.38. The summed E-state index contributed by atoms with van der Waals surface area (Å²) in [6.45, 7) is 0.577. The lowest BCUT2D eigenvalue weighted by molar-refractivity contribution is -0.137. The first-order valence-electron chi connectivity index (χ1n) is 8.56. The summed E-state index contributed by atoms with van der Waals surface area (Å²) in [7, 11) is 0. The van der Waals surface area contributed by atoms with Gasteiger partial charge in [0.25, 0.3) is 0 Å². The Kier molecular flexibility index (Phi) is 6.94. The molecular weight excluding hydrogens is 348 g/mol. The molecule has 1 aromatic rings. The molecule has 4 N–H and O–H groups in total. The van der Waals surface area contributed by atoms with Crippen LogP contribution < -0.4 is 16.1 Å². The van der Waals surface area contributed by atoms with Crippen molar-refractivity contribution >= 4 is 29.7 Å². The number of carboxylic acid groups (broad SMARTS) is 1. The van der Waals surface area contributed by atoms with E-state index in [0.717, 1.165) is 17.7 Å². The molecule has 1 saturated heterocycles. The molecule has 8 heteroatoms. The molecule has 142 valence electrons. The highest BCUT2D eigenvalue weighted by Gasteiger charge is 2.31. The molecule has 27 heavy (non-hydrogen) atoms. The fraction of sp³-hybridized carbons (Fsp3) is 0.368. The minimum atomic E-state index is -1.10. The van der Waals surface area contributed by atoms with Crippen LogP contribution in [0.15, 0.2) is 29.4 Å². The SMILES string of the molecule is C#C[C@H](CC(=O)O)NC(=O)CC1CCCN(c2ccc(C=NN)cc2)C1=O. The quantitative estimate of drug-likeness (QED) is 0.282. The highest BCUT2D eigenvalue weighted by molar-refractivity contribution is 5.98. The van der Waals surface area contributed by atoms with E-state index >= 15 is 0 Å². The largest absolute Gasteiger partial charge is 0.481 e. The van der Waals surface area contributed by atoms with Crippen LogP contribution in [0.25, 0.3) is 0 Å².